The zero-order valence-corrected chi connectivity index (χ0v) is 27.6. The zero-order chi connectivity index (χ0) is 32.4. The van der Waals surface area contributed by atoms with Crippen LogP contribution in [0, 0.1) is 0 Å². The number of rotatable bonds is 10. The minimum absolute atomic E-state index is 0.0531. The van der Waals surface area contributed by atoms with Gasteiger partial charge in [0.1, 0.15) is 5.75 Å². The van der Waals surface area contributed by atoms with Crippen molar-refractivity contribution in [2.24, 2.45) is 0 Å². The van der Waals surface area contributed by atoms with Crippen molar-refractivity contribution in [3.8, 4) is 45.3 Å². The minimum atomic E-state index is -0.393. The number of fused-ring (bicyclic) bond motifs is 1. The number of aliphatic hydroxyl groups is 1. The summed E-state index contributed by atoms with van der Waals surface area (Å²) in [5, 5.41) is 17.1. The average Bonchev–Trinajstić information content (AvgIpc) is 3.48. The van der Waals surface area contributed by atoms with E-state index >= 15 is 0 Å². The third-order valence-corrected chi connectivity index (χ3v) is 9.31. The number of aliphatic hydroxyl groups excluding tert-OH is 1. The number of pyridine rings is 2. The van der Waals surface area contributed by atoms with Crippen LogP contribution in [0.2, 0.25) is 10.0 Å². The molecule has 2 aromatic heterocycles. The number of carbonyl (C=O) groups is 1. The van der Waals surface area contributed by atoms with E-state index < -0.39 is 6.10 Å². The van der Waals surface area contributed by atoms with E-state index in [1.807, 2.05) is 49.4 Å². The predicted octanol–water partition coefficient (Wildman–Crippen LogP) is 5.87. The highest BCUT2D eigenvalue weighted by Crippen LogP contribution is 2.43. The van der Waals surface area contributed by atoms with Gasteiger partial charge in [0.15, 0.2) is 0 Å². The number of amides is 1. The molecule has 2 atom stereocenters. The molecule has 240 valence electrons. The average molecular weight is 663 g/mol. The van der Waals surface area contributed by atoms with Crippen molar-refractivity contribution in [2.45, 2.75) is 51.5 Å². The van der Waals surface area contributed by atoms with Crippen LogP contribution in [0.5, 0.6) is 11.6 Å². The van der Waals surface area contributed by atoms with Crippen molar-refractivity contribution in [2.75, 3.05) is 27.3 Å². The third kappa shape index (κ3) is 6.70. The van der Waals surface area contributed by atoms with Gasteiger partial charge in [-0.15, -0.1) is 0 Å². The number of hydrogen-bond acceptors (Lipinski definition) is 8. The van der Waals surface area contributed by atoms with Gasteiger partial charge < -0.3 is 19.9 Å². The molecule has 0 radical (unpaired) electrons. The summed E-state index contributed by atoms with van der Waals surface area (Å²) in [6.45, 7) is 4.48. The highest BCUT2D eigenvalue weighted by molar-refractivity contribution is 6.39. The van der Waals surface area contributed by atoms with Crippen LogP contribution >= 0.6 is 23.2 Å². The number of β-amino-alcohol motifs (C(OH)–C–C–N with tert-alkyl or cyclic N) is 1. The lowest BCUT2D eigenvalue weighted by molar-refractivity contribution is -0.119. The maximum Gasteiger partial charge on any atom is 0.221 e. The lowest BCUT2D eigenvalue weighted by Crippen LogP contribution is -2.38. The number of benzene rings is 2. The topological polar surface area (TPSA) is 109 Å². The standard InChI is InChI=1S/C35H37Cl2N5O4/c1-20(43)18-42-14-12-21-15-23(16-29(45-2)27(21)19-42)34-33(37)25(11-13-38-34)24-5-4-6-26(32(24)36)28-8-7-22(35(40-28)46-3)17-39-30-9-10-31(44)41-30/h4-8,11,13,15-16,20,30,39,43H,9-10,12,14,17-19H2,1-3H3,(H,41,44)/t20-,30-/m0/s1. The zero-order valence-electron chi connectivity index (χ0n) is 26.1. The summed E-state index contributed by atoms with van der Waals surface area (Å²) in [5.41, 5.74) is 7.61. The smallest absolute Gasteiger partial charge is 0.221 e. The summed E-state index contributed by atoms with van der Waals surface area (Å²) in [4.78, 5) is 23.2. The number of nitrogens with one attached hydrogen (secondary N) is 2. The summed E-state index contributed by atoms with van der Waals surface area (Å²) < 4.78 is 11.4. The highest BCUT2D eigenvalue weighted by Gasteiger charge is 2.24. The van der Waals surface area contributed by atoms with E-state index in [0.29, 0.717) is 53.4 Å². The number of aromatic nitrogens is 2. The quantitative estimate of drug-likeness (QED) is 0.194. The molecule has 2 aromatic carbocycles. The van der Waals surface area contributed by atoms with E-state index in [4.69, 9.17) is 37.7 Å². The van der Waals surface area contributed by atoms with Gasteiger partial charge in [-0.05, 0) is 49.6 Å². The molecule has 4 heterocycles. The van der Waals surface area contributed by atoms with E-state index in [1.54, 1.807) is 20.4 Å². The minimum Gasteiger partial charge on any atom is -0.496 e. The van der Waals surface area contributed by atoms with Gasteiger partial charge in [0.05, 0.1) is 47.9 Å². The number of halogens is 2. The molecule has 1 amide bonds. The van der Waals surface area contributed by atoms with Crippen LogP contribution in [-0.4, -0.2) is 65.5 Å². The molecule has 2 aliphatic heterocycles. The van der Waals surface area contributed by atoms with Crippen LogP contribution in [0.3, 0.4) is 0 Å². The van der Waals surface area contributed by atoms with E-state index in [2.05, 4.69) is 26.6 Å². The maximum atomic E-state index is 11.6. The number of hydrogen-bond donors (Lipinski definition) is 3. The number of carbonyl (C=O) groups excluding carboxylic acids is 1. The molecule has 3 N–H and O–H groups in total. The predicted molar refractivity (Wildman–Crippen MR) is 180 cm³/mol. The molecule has 1 fully saturated rings. The molecule has 4 aromatic rings. The maximum absolute atomic E-state index is 11.6. The van der Waals surface area contributed by atoms with E-state index in [0.717, 1.165) is 58.5 Å². The van der Waals surface area contributed by atoms with Crippen molar-refractivity contribution in [3.63, 3.8) is 0 Å². The second-order valence-corrected chi connectivity index (χ2v) is 12.5. The Labute approximate surface area is 278 Å². The van der Waals surface area contributed by atoms with Crippen molar-refractivity contribution < 1.29 is 19.4 Å². The molecule has 11 heteroatoms. The van der Waals surface area contributed by atoms with Crippen LogP contribution in [0.4, 0.5) is 0 Å². The van der Waals surface area contributed by atoms with Crippen LogP contribution in [0.15, 0.2) is 54.7 Å². The van der Waals surface area contributed by atoms with Gasteiger partial charge in [-0.25, -0.2) is 4.98 Å². The first-order valence-electron chi connectivity index (χ1n) is 15.4. The highest BCUT2D eigenvalue weighted by atomic mass is 35.5. The largest absolute Gasteiger partial charge is 0.496 e. The first kappa shape index (κ1) is 32.2. The van der Waals surface area contributed by atoms with E-state index in [9.17, 15) is 9.90 Å². The van der Waals surface area contributed by atoms with Crippen LogP contribution in [0.25, 0.3) is 33.6 Å². The molecule has 9 nitrogen and oxygen atoms in total. The molecule has 0 aliphatic carbocycles. The number of ether oxygens (including phenoxy) is 2. The summed E-state index contributed by atoms with van der Waals surface area (Å²) in [6, 6.07) is 15.6. The molecule has 0 saturated carbocycles. The fourth-order valence-electron chi connectivity index (χ4n) is 6.26. The molecule has 2 aliphatic rings. The number of methoxy groups -OCH3 is 2. The second-order valence-electron chi connectivity index (χ2n) is 11.7. The molecule has 1 saturated heterocycles. The molecule has 0 spiro atoms. The monoisotopic (exact) mass is 661 g/mol. The molecule has 46 heavy (non-hydrogen) atoms. The normalized spacial score (nSPS) is 17.0. The fourth-order valence-corrected chi connectivity index (χ4v) is 6.90. The van der Waals surface area contributed by atoms with E-state index in [1.165, 1.54) is 5.56 Å². The van der Waals surface area contributed by atoms with Gasteiger partial charge in [0, 0.05) is 72.2 Å². The lowest BCUT2D eigenvalue weighted by Gasteiger charge is -2.31. The second kappa shape index (κ2) is 13.9. The SMILES string of the molecule is COc1cc(-c2nccc(-c3cccc(-c4ccc(CN[C@@H]5CCC(=O)N5)c(OC)n4)c3Cl)c2Cl)cc2c1CN(C[C@H](C)O)CC2. The van der Waals surface area contributed by atoms with Crippen molar-refractivity contribution >= 4 is 29.1 Å². The Morgan fingerprint density at radius 2 is 1.87 bits per heavy atom. The van der Waals surface area contributed by atoms with E-state index in [-0.39, 0.29) is 12.1 Å². The van der Waals surface area contributed by atoms with Crippen LogP contribution < -0.4 is 20.1 Å². The lowest BCUT2D eigenvalue weighted by atomic mass is 9.93. The van der Waals surface area contributed by atoms with Crippen molar-refractivity contribution in [1.29, 1.82) is 0 Å². The molecule has 6 rings (SSSR count). The van der Waals surface area contributed by atoms with Gasteiger partial charge in [-0.2, -0.15) is 0 Å². The van der Waals surface area contributed by atoms with Gasteiger partial charge in [-0.1, -0.05) is 47.5 Å². The Morgan fingerprint density at radius 3 is 2.61 bits per heavy atom. The molecular formula is C35H37Cl2N5O4. The fraction of sp³-hybridized carbons (Fsp3) is 0.343. The first-order chi connectivity index (χ1) is 22.2. The molecule has 0 bridgehead atoms. The summed E-state index contributed by atoms with van der Waals surface area (Å²) in [6.07, 6.45) is 3.39. The Balaban J connectivity index is 1.30. The summed E-state index contributed by atoms with van der Waals surface area (Å²) in [7, 11) is 3.26. The van der Waals surface area contributed by atoms with Crippen molar-refractivity contribution in [3.05, 3.63) is 81.5 Å². The molecule has 0 unspecified atom stereocenters. The summed E-state index contributed by atoms with van der Waals surface area (Å²) >= 11 is 14.2. The molecular weight excluding hydrogens is 625 g/mol. The van der Waals surface area contributed by atoms with Crippen molar-refractivity contribution in [1.82, 2.24) is 25.5 Å². The Bertz CT molecular complexity index is 1750. The Morgan fingerprint density at radius 1 is 1.07 bits per heavy atom. The van der Waals surface area contributed by atoms with Crippen LogP contribution in [0.1, 0.15) is 36.5 Å². The van der Waals surface area contributed by atoms with Gasteiger partial charge in [0.25, 0.3) is 0 Å². The Hall–Kier alpha value is -3.73. The van der Waals surface area contributed by atoms with Gasteiger partial charge >= 0.3 is 0 Å². The van der Waals surface area contributed by atoms with Gasteiger partial charge in [0.2, 0.25) is 11.8 Å². The summed E-state index contributed by atoms with van der Waals surface area (Å²) in [5.74, 6) is 1.31. The van der Waals surface area contributed by atoms with Gasteiger partial charge in [-0.3, -0.25) is 20.0 Å². The number of nitrogens with zero attached hydrogens (tertiary/aromatic N) is 3. The first-order valence-corrected chi connectivity index (χ1v) is 16.1. The van der Waals surface area contributed by atoms with Crippen LogP contribution in [-0.2, 0) is 24.3 Å². The Kier molecular flexibility index (Phi) is 9.77. The third-order valence-electron chi connectivity index (χ3n) is 8.52.